The molecule has 4 aromatic rings. The van der Waals surface area contributed by atoms with Crippen molar-refractivity contribution in [3.05, 3.63) is 87.2 Å². The summed E-state index contributed by atoms with van der Waals surface area (Å²) >= 11 is 1.39. The maximum absolute atomic E-state index is 12.9. The summed E-state index contributed by atoms with van der Waals surface area (Å²) in [5.41, 5.74) is 5.07. The first kappa shape index (κ1) is 21.6. The summed E-state index contributed by atoms with van der Waals surface area (Å²) in [7, 11) is 0. The third-order valence-electron chi connectivity index (χ3n) is 5.24. The van der Waals surface area contributed by atoms with E-state index in [9.17, 15) is 9.59 Å². The summed E-state index contributed by atoms with van der Waals surface area (Å²) in [5, 5.41) is 6.84. The molecule has 0 spiro atoms. The number of carbonyl (C=O) groups excluding carboxylic acids is 2. The van der Waals surface area contributed by atoms with E-state index in [1.807, 2.05) is 64.1 Å². The number of carbonyl (C=O) groups is 2. The highest BCUT2D eigenvalue weighted by Crippen LogP contribution is 2.31. The van der Waals surface area contributed by atoms with Gasteiger partial charge in [-0.15, -0.1) is 11.3 Å². The van der Waals surface area contributed by atoms with E-state index in [1.54, 1.807) is 12.1 Å². The van der Waals surface area contributed by atoms with Gasteiger partial charge in [-0.05, 0) is 63.1 Å². The molecule has 162 valence electrons. The van der Waals surface area contributed by atoms with Crippen molar-refractivity contribution in [2.45, 2.75) is 34.2 Å². The lowest BCUT2D eigenvalue weighted by atomic mass is 10.1. The highest BCUT2D eigenvalue weighted by atomic mass is 32.1. The molecule has 32 heavy (non-hydrogen) atoms. The number of amides is 2. The Kier molecular flexibility index (Phi) is 6.01. The number of rotatable bonds is 5. The van der Waals surface area contributed by atoms with Crippen molar-refractivity contribution in [2.24, 2.45) is 0 Å². The molecule has 0 saturated heterocycles. The van der Waals surface area contributed by atoms with Crippen molar-refractivity contribution in [2.75, 3.05) is 5.32 Å². The molecule has 4 rings (SSSR count). The Labute approximate surface area is 190 Å². The van der Waals surface area contributed by atoms with Crippen molar-refractivity contribution < 1.29 is 9.59 Å². The molecule has 0 atom stereocenters. The van der Waals surface area contributed by atoms with E-state index >= 15 is 0 Å². The molecule has 0 bridgehead atoms. The van der Waals surface area contributed by atoms with E-state index in [2.05, 4.69) is 20.6 Å². The van der Waals surface area contributed by atoms with Crippen molar-refractivity contribution in [1.82, 2.24) is 15.3 Å². The number of hydrogen-bond donors (Lipinski definition) is 2. The van der Waals surface area contributed by atoms with Crippen LogP contribution < -0.4 is 10.6 Å². The zero-order valence-corrected chi connectivity index (χ0v) is 19.3. The van der Waals surface area contributed by atoms with Crippen molar-refractivity contribution >= 4 is 39.1 Å². The lowest BCUT2D eigenvalue weighted by Crippen LogP contribution is -2.22. The van der Waals surface area contributed by atoms with Crippen LogP contribution in [0.1, 0.15) is 48.2 Å². The molecule has 0 aliphatic heterocycles. The molecule has 0 unspecified atom stereocenters. The molecule has 0 saturated carbocycles. The Bertz CT molecular complexity index is 1330. The molecule has 0 fully saturated rings. The molecule has 0 aliphatic rings. The molecule has 2 heterocycles. The number of benzene rings is 2. The van der Waals surface area contributed by atoms with Crippen LogP contribution in [-0.4, -0.2) is 21.8 Å². The third-order valence-corrected chi connectivity index (χ3v) is 6.43. The number of aryl methyl sites for hydroxylation is 4. The molecule has 2 aromatic heterocycles. The third kappa shape index (κ3) is 4.53. The smallest absolute Gasteiger partial charge is 0.261 e. The summed E-state index contributed by atoms with van der Waals surface area (Å²) < 4.78 is 0. The molecule has 2 N–H and O–H groups in total. The highest BCUT2D eigenvalue weighted by Gasteiger charge is 2.18. The summed E-state index contributed by atoms with van der Waals surface area (Å²) in [6, 6.07) is 14.9. The minimum absolute atomic E-state index is 0.142. The Morgan fingerprint density at radius 1 is 0.938 bits per heavy atom. The number of anilines is 1. The fourth-order valence-corrected chi connectivity index (χ4v) is 4.81. The second-order valence-corrected chi connectivity index (χ2v) is 8.79. The number of hydrogen-bond acceptors (Lipinski definition) is 5. The predicted molar refractivity (Wildman–Crippen MR) is 128 cm³/mol. The van der Waals surface area contributed by atoms with Gasteiger partial charge in [0, 0.05) is 28.9 Å². The van der Waals surface area contributed by atoms with Crippen LogP contribution in [0.15, 0.2) is 48.5 Å². The van der Waals surface area contributed by atoms with Crippen LogP contribution in [0.3, 0.4) is 0 Å². The standard InChI is InChI=1S/C25H24N4O2S/c1-14-8-10-19(11-9-14)23(30)29-20-7-5-6-18(12-20)13-26-24(31)22-15(2)21-16(3)27-17(4)28-25(21)32-22/h5-12H,13H2,1-4H3,(H,26,31)(H,29,30). The van der Waals surface area contributed by atoms with Gasteiger partial charge in [0.05, 0.1) is 4.88 Å². The van der Waals surface area contributed by atoms with E-state index in [0.29, 0.717) is 28.5 Å². The zero-order chi connectivity index (χ0) is 22.8. The van der Waals surface area contributed by atoms with Crippen LogP contribution in [0.5, 0.6) is 0 Å². The molecule has 6 nitrogen and oxygen atoms in total. The van der Waals surface area contributed by atoms with Crippen LogP contribution >= 0.6 is 11.3 Å². The van der Waals surface area contributed by atoms with Gasteiger partial charge in [-0.25, -0.2) is 9.97 Å². The highest BCUT2D eigenvalue weighted by molar-refractivity contribution is 7.20. The molecule has 0 radical (unpaired) electrons. The number of fused-ring (bicyclic) bond motifs is 1. The predicted octanol–water partition coefficient (Wildman–Crippen LogP) is 5.11. The van der Waals surface area contributed by atoms with Gasteiger partial charge in [0.1, 0.15) is 10.7 Å². The van der Waals surface area contributed by atoms with Crippen LogP contribution in [0.2, 0.25) is 0 Å². The number of thiophene rings is 1. The minimum atomic E-state index is -0.168. The molecular formula is C25H24N4O2S. The first-order valence-electron chi connectivity index (χ1n) is 10.3. The van der Waals surface area contributed by atoms with Gasteiger partial charge in [0.15, 0.2) is 0 Å². The maximum atomic E-state index is 12.9. The first-order valence-corrected chi connectivity index (χ1v) is 11.1. The van der Waals surface area contributed by atoms with E-state index in [1.165, 1.54) is 11.3 Å². The zero-order valence-electron chi connectivity index (χ0n) is 18.4. The first-order chi connectivity index (χ1) is 15.3. The average Bonchev–Trinajstić information content (AvgIpc) is 3.09. The molecule has 2 aromatic carbocycles. The Morgan fingerprint density at radius 2 is 1.69 bits per heavy atom. The quantitative estimate of drug-likeness (QED) is 0.448. The van der Waals surface area contributed by atoms with Crippen molar-refractivity contribution in [3.63, 3.8) is 0 Å². The largest absolute Gasteiger partial charge is 0.347 e. The van der Waals surface area contributed by atoms with Crippen LogP contribution in [0.4, 0.5) is 5.69 Å². The van der Waals surface area contributed by atoms with Crippen LogP contribution in [-0.2, 0) is 6.54 Å². The fourth-order valence-electron chi connectivity index (χ4n) is 3.62. The summed E-state index contributed by atoms with van der Waals surface area (Å²) in [4.78, 5) is 35.7. The van der Waals surface area contributed by atoms with E-state index < -0.39 is 0 Å². The minimum Gasteiger partial charge on any atom is -0.347 e. The molecular weight excluding hydrogens is 420 g/mol. The Hall–Kier alpha value is -3.58. The second-order valence-electron chi connectivity index (χ2n) is 7.80. The van der Waals surface area contributed by atoms with Gasteiger partial charge < -0.3 is 10.6 Å². The topological polar surface area (TPSA) is 84.0 Å². The summed E-state index contributed by atoms with van der Waals surface area (Å²) in [5.74, 6) is 0.392. The number of nitrogens with zero attached hydrogens (tertiary/aromatic N) is 2. The molecule has 2 amide bonds. The lowest BCUT2D eigenvalue weighted by molar-refractivity contribution is 0.0953. The van der Waals surface area contributed by atoms with E-state index in [0.717, 1.165) is 32.6 Å². The lowest BCUT2D eigenvalue weighted by Gasteiger charge is -2.09. The second kappa shape index (κ2) is 8.88. The number of aromatic nitrogens is 2. The van der Waals surface area contributed by atoms with E-state index in [-0.39, 0.29) is 11.8 Å². The van der Waals surface area contributed by atoms with Gasteiger partial charge >= 0.3 is 0 Å². The maximum Gasteiger partial charge on any atom is 0.261 e. The van der Waals surface area contributed by atoms with Gasteiger partial charge in [0.25, 0.3) is 11.8 Å². The molecule has 0 aliphatic carbocycles. The van der Waals surface area contributed by atoms with Gasteiger partial charge in [-0.1, -0.05) is 29.8 Å². The van der Waals surface area contributed by atoms with Crippen LogP contribution in [0, 0.1) is 27.7 Å². The van der Waals surface area contributed by atoms with Crippen LogP contribution in [0.25, 0.3) is 10.2 Å². The number of nitrogens with one attached hydrogen (secondary N) is 2. The Morgan fingerprint density at radius 3 is 2.44 bits per heavy atom. The van der Waals surface area contributed by atoms with Crippen molar-refractivity contribution in [1.29, 1.82) is 0 Å². The molecule has 7 heteroatoms. The van der Waals surface area contributed by atoms with Gasteiger partial charge in [-0.2, -0.15) is 0 Å². The normalized spacial score (nSPS) is 10.9. The van der Waals surface area contributed by atoms with Crippen molar-refractivity contribution in [3.8, 4) is 0 Å². The fraction of sp³-hybridized carbons (Fsp3) is 0.200. The monoisotopic (exact) mass is 444 g/mol. The summed E-state index contributed by atoms with van der Waals surface area (Å²) in [6.07, 6.45) is 0. The Balaban J connectivity index is 1.45. The average molecular weight is 445 g/mol. The SMILES string of the molecule is Cc1ccc(C(=O)Nc2cccc(CNC(=O)c3sc4nc(C)nc(C)c4c3C)c2)cc1. The van der Waals surface area contributed by atoms with Gasteiger partial charge in [-0.3, -0.25) is 9.59 Å². The van der Waals surface area contributed by atoms with E-state index in [4.69, 9.17) is 0 Å². The van der Waals surface area contributed by atoms with Gasteiger partial charge in [0.2, 0.25) is 0 Å². The summed E-state index contributed by atoms with van der Waals surface area (Å²) in [6.45, 7) is 8.06.